The van der Waals surface area contributed by atoms with Crippen LogP contribution in [0.3, 0.4) is 0 Å². The summed E-state index contributed by atoms with van der Waals surface area (Å²) in [6.07, 6.45) is 0. The normalized spacial score (nSPS) is 13.9. The molecule has 0 spiro atoms. The Kier molecular flexibility index (Phi) is 5.66. The molecule has 4 heteroatoms. The van der Waals surface area contributed by atoms with Gasteiger partial charge in [-0.2, -0.15) is 0 Å². The van der Waals surface area contributed by atoms with Crippen molar-refractivity contribution in [3.05, 3.63) is 64.6 Å². The molecule has 0 bridgehead atoms. The lowest BCUT2D eigenvalue weighted by atomic mass is 9.93. The standard InChI is InChI=1S/C16H18BrNOS/c1-18-16(11-19,13-7-3-2-4-8-13)12-20-15-10-6-5-9-14(15)17/h2-10,18-19H,11-12H2,1H3. The van der Waals surface area contributed by atoms with E-state index in [2.05, 4.69) is 27.3 Å². The molecule has 1 unspecified atom stereocenters. The summed E-state index contributed by atoms with van der Waals surface area (Å²) in [5, 5.41) is 13.2. The maximum Gasteiger partial charge on any atom is 0.0761 e. The smallest absolute Gasteiger partial charge is 0.0761 e. The van der Waals surface area contributed by atoms with Crippen LogP contribution in [0.4, 0.5) is 0 Å². The van der Waals surface area contributed by atoms with Crippen molar-refractivity contribution in [2.24, 2.45) is 0 Å². The van der Waals surface area contributed by atoms with E-state index in [-0.39, 0.29) is 6.61 Å². The molecule has 2 rings (SSSR count). The zero-order valence-electron chi connectivity index (χ0n) is 11.3. The van der Waals surface area contributed by atoms with Crippen molar-refractivity contribution in [3.63, 3.8) is 0 Å². The third-order valence-electron chi connectivity index (χ3n) is 3.39. The summed E-state index contributed by atoms with van der Waals surface area (Å²) >= 11 is 5.29. The van der Waals surface area contributed by atoms with Crippen molar-refractivity contribution in [2.75, 3.05) is 19.4 Å². The first-order chi connectivity index (χ1) is 9.72. The number of rotatable bonds is 6. The molecule has 0 aliphatic rings. The lowest BCUT2D eigenvalue weighted by Gasteiger charge is -2.32. The predicted octanol–water partition coefficient (Wildman–Crippen LogP) is 3.65. The Bertz CT molecular complexity index is 543. The number of likely N-dealkylation sites (N-methyl/N-ethyl adjacent to an activating group) is 1. The first kappa shape index (κ1) is 15.6. The second kappa shape index (κ2) is 7.27. The maximum atomic E-state index is 9.89. The van der Waals surface area contributed by atoms with Crippen molar-refractivity contribution < 1.29 is 5.11 Å². The molecule has 0 radical (unpaired) electrons. The summed E-state index contributed by atoms with van der Waals surface area (Å²) in [5.41, 5.74) is 0.672. The summed E-state index contributed by atoms with van der Waals surface area (Å²) in [5.74, 6) is 0.757. The predicted molar refractivity (Wildman–Crippen MR) is 89.1 cm³/mol. The highest BCUT2D eigenvalue weighted by atomic mass is 79.9. The monoisotopic (exact) mass is 351 g/mol. The van der Waals surface area contributed by atoms with E-state index in [0.29, 0.717) is 0 Å². The second-order valence-corrected chi connectivity index (χ2v) is 6.45. The van der Waals surface area contributed by atoms with Crippen LogP contribution in [-0.2, 0) is 5.54 Å². The van der Waals surface area contributed by atoms with Gasteiger partial charge < -0.3 is 10.4 Å². The van der Waals surface area contributed by atoms with Gasteiger partial charge in [-0.3, -0.25) is 0 Å². The van der Waals surface area contributed by atoms with Gasteiger partial charge in [0.05, 0.1) is 12.1 Å². The third-order valence-corrected chi connectivity index (χ3v) is 5.64. The molecule has 2 N–H and O–H groups in total. The van der Waals surface area contributed by atoms with Gasteiger partial charge in [-0.25, -0.2) is 0 Å². The molecule has 20 heavy (non-hydrogen) atoms. The molecule has 106 valence electrons. The molecule has 0 saturated heterocycles. The van der Waals surface area contributed by atoms with Gasteiger partial charge in [-0.1, -0.05) is 42.5 Å². The van der Waals surface area contributed by atoms with Crippen LogP contribution >= 0.6 is 27.7 Å². The van der Waals surface area contributed by atoms with E-state index in [1.165, 1.54) is 4.90 Å². The van der Waals surface area contributed by atoms with Gasteiger partial charge in [-0.15, -0.1) is 11.8 Å². The van der Waals surface area contributed by atoms with Gasteiger partial charge in [0.15, 0.2) is 0 Å². The van der Waals surface area contributed by atoms with Crippen LogP contribution < -0.4 is 5.32 Å². The zero-order chi connectivity index (χ0) is 14.4. The highest BCUT2D eigenvalue weighted by Gasteiger charge is 2.29. The van der Waals surface area contributed by atoms with Gasteiger partial charge in [0.1, 0.15) is 0 Å². The van der Waals surface area contributed by atoms with E-state index < -0.39 is 5.54 Å². The summed E-state index contributed by atoms with van der Waals surface area (Å²) < 4.78 is 1.08. The van der Waals surface area contributed by atoms with E-state index in [4.69, 9.17) is 0 Å². The molecule has 0 saturated carbocycles. The van der Waals surface area contributed by atoms with Gasteiger partial charge >= 0.3 is 0 Å². The highest BCUT2D eigenvalue weighted by molar-refractivity contribution is 9.10. The van der Waals surface area contributed by atoms with Gasteiger partial charge in [0.2, 0.25) is 0 Å². The van der Waals surface area contributed by atoms with Crippen molar-refractivity contribution in [1.82, 2.24) is 5.32 Å². The van der Waals surface area contributed by atoms with Crippen molar-refractivity contribution >= 4 is 27.7 Å². The minimum Gasteiger partial charge on any atom is -0.394 e. The zero-order valence-corrected chi connectivity index (χ0v) is 13.7. The minimum absolute atomic E-state index is 0.0605. The Balaban J connectivity index is 2.20. The molecule has 2 nitrogen and oxygen atoms in total. The highest BCUT2D eigenvalue weighted by Crippen LogP contribution is 2.33. The van der Waals surface area contributed by atoms with E-state index in [9.17, 15) is 5.11 Å². The van der Waals surface area contributed by atoms with Gasteiger partial charge in [0, 0.05) is 15.1 Å². The molecular formula is C16H18BrNOS. The number of halogens is 1. The fourth-order valence-electron chi connectivity index (χ4n) is 2.04. The second-order valence-electron chi connectivity index (χ2n) is 4.58. The Morgan fingerprint density at radius 3 is 2.35 bits per heavy atom. The van der Waals surface area contributed by atoms with Crippen molar-refractivity contribution in [2.45, 2.75) is 10.4 Å². The molecule has 0 fully saturated rings. The summed E-state index contributed by atoms with van der Waals surface area (Å²) in [7, 11) is 1.89. The molecule has 0 heterocycles. The average molecular weight is 352 g/mol. The van der Waals surface area contributed by atoms with Crippen LogP contribution in [0, 0.1) is 0 Å². The maximum absolute atomic E-state index is 9.89. The minimum atomic E-state index is -0.429. The number of benzene rings is 2. The lowest BCUT2D eigenvalue weighted by Crippen LogP contribution is -2.45. The fraction of sp³-hybridized carbons (Fsp3) is 0.250. The molecule has 0 aliphatic heterocycles. The number of nitrogens with one attached hydrogen (secondary N) is 1. The number of thioether (sulfide) groups is 1. The molecule has 2 aromatic rings. The van der Waals surface area contributed by atoms with Gasteiger partial charge in [-0.05, 0) is 40.7 Å². The Labute approximate surface area is 132 Å². The van der Waals surface area contributed by atoms with Crippen LogP contribution in [0.25, 0.3) is 0 Å². The lowest BCUT2D eigenvalue weighted by molar-refractivity contribution is 0.187. The van der Waals surface area contributed by atoms with E-state index in [1.54, 1.807) is 11.8 Å². The summed E-state index contributed by atoms with van der Waals surface area (Å²) in [6.45, 7) is 0.0605. The SMILES string of the molecule is CNC(CO)(CSc1ccccc1Br)c1ccccc1. The Morgan fingerprint density at radius 1 is 1.10 bits per heavy atom. The van der Waals surface area contributed by atoms with Gasteiger partial charge in [0.25, 0.3) is 0 Å². The molecular weight excluding hydrogens is 334 g/mol. The summed E-state index contributed by atoms with van der Waals surface area (Å²) in [4.78, 5) is 1.18. The Hall–Kier alpha value is -0.810. The molecule has 0 aliphatic carbocycles. The molecule has 0 amide bonds. The number of aliphatic hydroxyl groups excluding tert-OH is 1. The number of hydrogen-bond acceptors (Lipinski definition) is 3. The van der Waals surface area contributed by atoms with Crippen molar-refractivity contribution in [3.8, 4) is 0 Å². The van der Waals surface area contributed by atoms with Crippen LogP contribution in [0.15, 0.2) is 64.0 Å². The van der Waals surface area contributed by atoms with Crippen LogP contribution in [0.2, 0.25) is 0 Å². The van der Waals surface area contributed by atoms with Crippen LogP contribution in [0.1, 0.15) is 5.56 Å². The van der Waals surface area contributed by atoms with Crippen LogP contribution in [-0.4, -0.2) is 24.5 Å². The molecule has 2 aromatic carbocycles. The average Bonchev–Trinajstić information content (AvgIpc) is 2.51. The van der Waals surface area contributed by atoms with Crippen LogP contribution in [0.5, 0.6) is 0 Å². The first-order valence-corrected chi connectivity index (χ1v) is 8.22. The largest absolute Gasteiger partial charge is 0.394 e. The van der Waals surface area contributed by atoms with Crippen molar-refractivity contribution in [1.29, 1.82) is 0 Å². The quantitative estimate of drug-likeness (QED) is 0.779. The Morgan fingerprint density at radius 2 is 1.75 bits per heavy atom. The number of aliphatic hydroxyl groups is 1. The summed E-state index contributed by atoms with van der Waals surface area (Å²) in [6, 6.07) is 18.2. The van der Waals surface area contributed by atoms with E-state index >= 15 is 0 Å². The third kappa shape index (κ3) is 3.44. The number of hydrogen-bond donors (Lipinski definition) is 2. The topological polar surface area (TPSA) is 32.3 Å². The van der Waals surface area contributed by atoms with E-state index in [0.717, 1.165) is 15.8 Å². The molecule has 0 aromatic heterocycles. The first-order valence-electron chi connectivity index (χ1n) is 6.44. The van der Waals surface area contributed by atoms with E-state index in [1.807, 2.05) is 55.6 Å². The molecule has 1 atom stereocenters. The fourth-order valence-corrected chi connectivity index (χ4v) is 3.85.